The molecule has 3 aromatic heterocycles. The fourth-order valence-electron chi connectivity index (χ4n) is 2.77. The van der Waals surface area contributed by atoms with Crippen molar-refractivity contribution in [2.45, 2.75) is 17.9 Å². The lowest BCUT2D eigenvalue weighted by molar-refractivity contribution is 0.300. The predicted octanol–water partition coefficient (Wildman–Crippen LogP) is 1.92. The van der Waals surface area contributed by atoms with Crippen LogP contribution in [0.5, 0.6) is 0 Å². The second-order valence-corrected chi connectivity index (χ2v) is 8.69. The summed E-state index contributed by atoms with van der Waals surface area (Å²) < 4.78 is 29.7. The summed E-state index contributed by atoms with van der Waals surface area (Å²) in [4.78, 5) is 6.40. The van der Waals surface area contributed by atoms with Crippen molar-refractivity contribution in [2.75, 3.05) is 20.6 Å². The summed E-state index contributed by atoms with van der Waals surface area (Å²) in [5, 5.41) is 9.04. The summed E-state index contributed by atoms with van der Waals surface area (Å²) in [6.07, 6.45) is 1.38. The molecule has 0 aliphatic rings. The zero-order valence-electron chi connectivity index (χ0n) is 14.6. The number of thiophene rings is 1. The topological polar surface area (TPSA) is 80.1 Å². The lowest BCUT2D eigenvalue weighted by Gasteiger charge is -2.23. The van der Waals surface area contributed by atoms with Gasteiger partial charge in [-0.05, 0) is 49.5 Å². The van der Waals surface area contributed by atoms with Crippen LogP contribution in [-0.2, 0) is 17.1 Å². The van der Waals surface area contributed by atoms with Crippen molar-refractivity contribution in [1.29, 1.82) is 0 Å². The number of aryl methyl sites for hydroxylation is 2. The van der Waals surface area contributed by atoms with Gasteiger partial charge in [0.2, 0.25) is 10.0 Å². The van der Waals surface area contributed by atoms with E-state index in [9.17, 15) is 8.42 Å². The Kier molecular flexibility index (Phi) is 4.92. The SMILES string of the molecule is Cc1nn(C)c2ncc(S(=O)(=O)NC[C@H](c3ccsc3)N(C)C)cc12. The van der Waals surface area contributed by atoms with Gasteiger partial charge < -0.3 is 4.90 Å². The summed E-state index contributed by atoms with van der Waals surface area (Å²) in [6, 6.07) is 3.61. The van der Waals surface area contributed by atoms with Gasteiger partial charge in [0.1, 0.15) is 4.90 Å². The molecule has 0 radical (unpaired) electrons. The van der Waals surface area contributed by atoms with Crippen LogP contribution in [0.1, 0.15) is 17.3 Å². The van der Waals surface area contributed by atoms with Crippen LogP contribution < -0.4 is 4.72 Å². The molecule has 0 aliphatic carbocycles. The number of rotatable bonds is 6. The highest BCUT2D eigenvalue weighted by atomic mass is 32.2. The Morgan fingerprint density at radius 1 is 1.40 bits per heavy atom. The molecule has 1 N–H and O–H groups in total. The average molecular weight is 380 g/mol. The number of hydrogen-bond donors (Lipinski definition) is 1. The van der Waals surface area contributed by atoms with E-state index in [1.807, 2.05) is 42.7 Å². The van der Waals surface area contributed by atoms with E-state index in [1.165, 1.54) is 6.20 Å². The Balaban J connectivity index is 1.85. The first-order chi connectivity index (χ1) is 11.8. The first-order valence-corrected chi connectivity index (χ1v) is 10.2. The largest absolute Gasteiger partial charge is 0.301 e. The number of sulfonamides is 1. The number of hydrogen-bond acceptors (Lipinski definition) is 6. The molecule has 0 spiro atoms. The number of pyridine rings is 1. The quantitative estimate of drug-likeness (QED) is 0.708. The summed E-state index contributed by atoms with van der Waals surface area (Å²) >= 11 is 1.60. The molecule has 3 aromatic rings. The molecule has 3 rings (SSSR count). The highest BCUT2D eigenvalue weighted by molar-refractivity contribution is 7.89. The third-order valence-corrected chi connectivity index (χ3v) is 6.26. The highest BCUT2D eigenvalue weighted by Crippen LogP contribution is 2.22. The number of nitrogens with one attached hydrogen (secondary N) is 1. The molecule has 7 nitrogen and oxygen atoms in total. The maximum Gasteiger partial charge on any atom is 0.242 e. The Morgan fingerprint density at radius 2 is 2.16 bits per heavy atom. The van der Waals surface area contributed by atoms with E-state index in [0.29, 0.717) is 5.65 Å². The first kappa shape index (κ1) is 18.0. The molecule has 25 heavy (non-hydrogen) atoms. The van der Waals surface area contributed by atoms with Gasteiger partial charge in [-0.1, -0.05) is 0 Å². The minimum absolute atomic E-state index is 0.0298. The van der Waals surface area contributed by atoms with Crippen molar-refractivity contribution in [1.82, 2.24) is 24.4 Å². The molecule has 0 aliphatic heterocycles. The fourth-order valence-corrected chi connectivity index (χ4v) is 4.49. The summed E-state index contributed by atoms with van der Waals surface area (Å²) in [7, 11) is 2.00. The van der Waals surface area contributed by atoms with Crippen molar-refractivity contribution < 1.29 is 8.42 Å². The molecule has 0 bridgehead atoms. The van der Waals surface area contributed by atoms with Crippen LogP contribution in [0.2, 0.25) is 0 Å². The number of aromatic nitrogens is 3. The normalized spacial score (nSPS) is 13.6. The molecule has 0 unspecified atom stereocenters. The van der Waals surface area contributed by atoms with Crippen LogP contribution in [0.3, 0.4) is 0 Å². The minimum Gasteiger partial charge on any atom is -0.301 e. The first-order valence-electron chi connectivity index (χ1n) is 7.77. The maximum absolute atomic E-state index is 12.7. The van der Waals surface area contributed by atoms with Crippen molar-refractivity contribution in [2.24, 2.45) is 7.05 Å². The van der Waals surface area contributed by atoms with Crippen molar-refractivity contribution in [3.05, 3.63) is 40.3 Å². The lowest BCUT2D eigenvalue weighted by Crippen LogP contribution is -2.34. The molecule has 9 heteroatoms. The summed E-state index contributed by atoms with van der Waals surface area (Å²) in [5.41, 5.74) is 2.52. The zero-order chi connectivity index (χ0) is 18.2. The van der Waals surface area contributed by atoms with E-state index in [0.717, 1.165) is 16.6 Å². The fraction of sp³-hybridized carbons (Fsp3) is 0.375. The van der Waals surface area contributed by atoms with Gasteiger partial charge in [-0.2, -0.15) is 16.4 Å². The van der Waals surface area contributed by atoms with Crippen LogP contribution in [-0.4, -0.2) is 48.7 Å². The van der Waals surface area contributed by atoms with Gasteiger partial charge in [0, 0.05) is 31.2 Å². The van der Waals surface area contributed by atoms with Crippen LogP contribution >= 0.6 is 11.3 Å². The molecule has 134 valence electrons. The third-order valence-electron chi connectivity index (χ3n) is 4.17. The van der Waals surface area contributed by atoms with Gasteiger partial charge in [0.05, 0.1) is 5.69 Å². The highest BCUT2D eigenvalue weighted by Gasteiger charge is 2.21. The zero-order valence-corrected chi connectivity index (χ0v) is 16.2. The molecular formula is C16H21N5O2S2. The van der Waals surface area contributed by atoms with Gasteiger partial charge in [-0.15, -0.1) is 0 Å². The molecule has 0 saturated heterocycles. The molecule has 0 fully saturated rings. The number of nitrogens with zero attached hydrogens (tertiary/aromatic N) is 4. The molecule has 0 saturated carbocycles. The van der Waals surface area contributed by atoms with Crippen molar-refractivity contribution >= 4 is 32.4 Å². The third kappa shape index (κ3) is 3.59. The second-order valence-electron chi connectivity index (χ2n) is 6.14. The van der Waals surface area contributed by atoms with Crippen molar-refractivity contribution in [3.63, 3.8) is 0 Å². The second kappa shape index (κ2) is 6.83. The molecule has 3 heterocycles. The van der Waals surface area contributed by atoms with E-state index in [4.69, 9.17) is 0 Å². The summed E-state index contributed by atoms with van der Waals surface area (Å²) in [6.45, 7) is 2.13. The Morgan fingerprint density at radius 3 is 2.80 bits per heavy atom. The Bertz CT molecular complexity index is 978. The van der Waals surface area contributed by atoms with Crippen LogP contribution in [0.25, 0.3) is 11.0 Å². The van der Waals surface area contributed by atoms with E-state index in [-0.39, 0.29) is 17.5 Å². The van der Waals surface area contributed by atoms with E-state index in [2.05, 4.69) is 14.8 Å². The lowest BCUT2D eigenvalue weighted by atomic mass is 10.1. The molecular weight excluding hydrogens is 358 g/mol. The average Bonchev–Trinajstić information content (AvgIpc) is 3.16. The van der Waals surface area contributed by atoms with Crippen molar-refractivity contribution in [3.8, 4) is 0 Å². The van der Waals surface area contributed by atoms with Crippen LogP contribution in [0.15, 0.2) is 34.0 Å². The Hall–Kier alpha value is -1.81. The molecule has 1 atom stereocenters. The van der Waals surface area contributed by atoms with E-state index in [1.54, 1.807) is 29.1 Å². The predicted molar refractivity (Wildman–Crippen MR) is 99.2 cm³/mol. The molecule has 0 amide bonds. The minimum atomic E-state index is -3.65. The van der Waals surface area contributed by atoms with Gasteiger partial charge in [0.15, 0.2) is 5.65 Å². The van der Waals surface area contributed by atoms with Gasteiger partial charge in [-0.3, -0.25) is 4.68 Å². The standard InChI is InChI=1S/C16H21N5O2S2/c1-11-14-7-13(8-17-16(14)21(4)19-11)25(22,23)18-9-15(20(2)3)12-5-6-24-10-12/h5-8,10,15,18H,9H2,1-4H3/t15-/m1/s1. The Labute approximate surface area is 151 Å². The number of fused-ring (bicyclic) bond motifs is 1. The monoisotopic (exact) mass is 379 g/mol. The van der Waals surface area contributed by atoms with Gasteiger partial charge in [-0.25, -0.2) is 18.1 Å². The summed E-state index contributed by atoms with van der Waals surface area (Å²) in [5.74, 6) is 0. The van der Waals surface area contributed by atoms with Crippen LogP contribution in [0.4, 0.5) is 0 Å². The number of likely N-dealkylation sites (N-methyl/N-ethyl adjacent to an activating group) is 1. The van der Waals surface area contributed by atoms with E-state index < -0.39 is 10.0 Å². The van der Waals surface area contributed by atoms with Gasteiger partial charge >= 0.3 is 0 Å². The smallest absolute Gasteiger partial charge is 0.242 e. The van der Waals surface area contributed by atoms with Gasteiger partial charge in [0.25, 0.3) is 0 Å². The molecule has 0 aromatic carbocycles. The van der Waals surface area contributed by atoms with Crippen LogP contribution in [0, 0.1) is 6.92 Å². The maximum atomic E-state index is 12.7. The van der Waals surface area contributed by atoms with E-state index >= 15 is 0 Å².